The molecule has 0 saturated carbocycles. The summed E-state index contributed by atoms with van der Waals surface area (Å²) in [5.41, 5.74) is 8.56. The molecule has 3 rings (SSSR count). The lowest BCUT2D eigenvalue weighted by Crippen LogP contribution is -2.19. The minimum Gasteiger partial charge on any atom is -0.351 e. The Hall–Kier alpha value is -3.19. The number of urea groups is 1. The lowest BCUT2D eigenvalue weighted by molar-refractivity contribution is 0.102. The van der Waals surface area contributed by atoms with Crippen LogP contribution in [0.5, 0.6) is 0 Å². The maximum atomic E-state index is 12.3. The Morgan fingerprint density at radius 3 is 2.44 bits per heavy atom. The Kier molecular flexibility index (Phi) is 4.76. The third kappa shape index (κ3) is 4.21. The normalized spacial score (nSPS) is 10.3. The van der Waals surface area contributed by atoms with Crippen molar-refractivity contribution in [3.63, 3.8) is 0 Å². The van der Waals surface area contributed by atoms with Crippen LogP contribution < -0.4 is 16.4 Å². The van der Waals surface area contributed by atoms with E-state index in [4.69, 9.17) is 5.73 Å². The Labute approximate surface area is 148 Å². The van der Waals surface area contributed by atoms with Crippen LogP contribution >= 0.6 is 11.3 Å². The molecular weight excluding hydrogens is 336 g/mol. The van der Waals surface area contributed by atoms with Gasteiger partial charge in [0.25, 0.3) is 5.91 Å². The van der Waals surface area contributed by atoms with Gasteiger partial charge in [0.2, 0.25) is 0 Å². The molecule has 6 nitrogen and oxygen atoms in total. The van der Waals surface area contributed by atoms with E-state index in [2.05, 4.69) is 15.6 Å². The quantitative estimate of drug-likeness (QED) is 0.665. The molecule has 0 aliphatic carbocycles. The van der Waals surface area contributed by atoms with E-state index in [-0.39, 0.29) is 5.91 Å². The number of thiazole rings is 1. The summed E-state index contributed by atoms with van der Waals surface area (Å²) >= 11 is 1.60. The number of rotatable bonds is 4. The van der Waals surface area contributed by atoms with Gasteiger partial charge in [0.1, 0.15) is 0 Å². The molecule has 126 valence electrons. The average Bonchev–Trinajstić information content (AvgIpc) is 3.01. The van der Waals surface area contributed by atoms with E-state index < -0.39 is 6.03 Å². The number of carbonyl (C=O) groups excluding carboxylic acids is 2. The van der Waals surface area contributed by atoms with Gasteiger partial charge >= 0.3 is 6.03 Å². The van der Waals surface area contributed by atoms with Crippen LogP contribution in [0, 0.1) is 6.92 Å². The third-order valence-corrected chi connectivity index (χ3v) is 4.22. The Bertz CT molecular complexity index is 919. The standard InChI is InChI=1S/C18H16N4O2S/c1-11-20-16(10-25-11)12-5-7-14(8-6-12)21-17(23)13-3-2-4-15(9-13)22-18(19)24/h2-10H,1H3,(H,21,23)(H3,19,22,24). The van der Waals surface area contributed by atoms with Gasteiger partial charge < -0.3 is 16.4 Å². The number of amides is 3. The van der Waals surface area contributed by atoms with E-state index in [0.717, 1.165) is 16.3 Å². The molecule has 3 amide bonds. The van der Waals surface area contributed by atoms with Crippen molar-refractivity contribution in [3.8, 4) is 11.3 Å². The highest BCUT2D eigenvalue weighted by atomic mass is 32.1. The SMILES string of the molecule is Cc1nc(-c2ccc(NC(=O)c3cccc(NC(N)=O)c3)cc2)cs1. The molecule has 1 heterocycles. The van der Waals surface area contributed by atoms with Crippen molar-refractivity contribution in [1.82, 2.24) is 4.98 Å². The van der Waals surface area contributed by atoms with Crippen molar-refractivity contribution in [2.45, 2.75) is 6.92 Å². The van der Waals surface area contributed by atoms with E-state index >= 15 is 0 Å². The fraction of sp³-hybridized carbons (Fsp3) is 0.0556. The predicted octanol–water partition coefficient (Wildman–Crippen LogP) is 3.86. The van der Waals surface area contributed by atoms with Crippen molar-refractivity contribution in [2.75, 3.05) is 10.6 Å². The molecule has 3 aromatic rings. The molecule has 2 aromatic carbocycles. The number of nitrogens with two attached hydrogens (primary N) is 1. The number of hydrogen-bond acceptors (Lipinski definition) is 4. The van der Waals surface area contributed by atoms with Crippen LogP contribution in [0.3, 0.4) is 0 Å². The average molecular weight is 352 g/mol. The highest BCUT2D eigenvalue weighted by molar-refractivity contribution is 7.09. The van der Waals surface area contributed by atoms with Crippen molar-refractivity contribution in [2.24, 2.45) is 5.73 Å². The first-order chi connectivity index (χ1) is 12.0. The van der Waals surface area contributed by atoms with Crippen molar-refractivity contribution >= 4 is 34.6 Å². The van der Waals surface area contributed by atoms with Gasteiger partial charge in [0, 0.05) is 27.9 Å². The number of aryl methyl sites for hydroxylation is 1. The summed E-state index contributed by atoms with van der Waals surface area (Å²) in [7, 11) is 0. The molecule has 0 spiro atoms. The molecule has 0 bridgehead atoms. The molecule has 0 aliphatic heterocycles. The maximum Gasteiger partial charge on any atom is 0.316 e. The van der Waals surface area contributed by atoms with Gasteiger partial charge in [-0.15, -0.1) is 11.3 Å². The zero-order chi connectivity index (χ0) is 17.8. The lowest BCUT2D eigenvalue weighted by atomic mass is 10.1. The van der Waals surface area contributed by atoms with Crippen molar-refractivity contribution < 1.29 is 9.59 Å². The number of hydrogen-bond donors (Lipinski definition) is 3. The van der Waals surface area contributed by atoms with Gasteiger partial charge in [-0.2, -0.15) is 0 Å². The summed E-state index contributed by atoms with van der Waals surface area (Å²) < 4.78 is 0. The Balaban J connectivity index is 1.71. The summed E-state index contributed by atoms with van der Waals surface area (Å²) in [5.74, 6) is -0.273. The van der Waals surface area contributed by atoms with Gasteiger partial charge in [-0.05, 0) is 37.3 Å². The minimum atomic E-state index is -0.676. The van der Waals surface area contributed by atoms with E-state index in [1.807, 2.05) is 36.6 Å². The van der Waals surface area contributed by atoms with Crippen LogP contribution in [0.15, 0.2) is 53.9 Å². The number of aromatic nitrogens is 1. The van der Waals surface area contributed by atoms with Crippen LogP contribution in [0.2, 0.25) is 0 Å². The Morgan fingerprint density at radius 2 is 1.80 bits per heavy atom. The number of nitrogens with zero attached hydrogens (tertiary/aromatic N) is 1. The van der Waals surface area contributed by atoms with E-state index in [1.165, 1.54) is 0 Å². The number of primary amides is 1. The zero-order valence-electron chi connectivity index (χ0n) is 13.4. The molecule has 7 heteroatoms. The maximum absolute atomic E-state index is 12.3. The zero-order valence-corrected chi connectivity index (χ0v) is 14.3. The first-order valence-electron chi connectivity index (χ1n) is 7.52. The van der Waals surface area contributed by atoms with E-state index in [0.29, 0.717) is 16.9 Å². The van der Waals surface area contributed by atoms with Crippen molar-refractivity contribution in [1.29, 1.82) is 0 Å². The summed E-state index contributed by atoms with van der Waals surface area (Å²) in [6.45, 7) is 1.96. The molecule has 25 heavy (non-hydrogen) atoms. The number of benzene rings is 2. The molecule has 0 aliphatic rings. The van der Waals surface area contributed by atoms with Crippen LogP contribution in [-0.2, 0) is 0 Å². The summed E-state index contributed by atoms with van der Waals surface area (Å²) in [6.07, 6.45) is 0. The topological polar surface area (TPSA) is 97.1 Å². The molecule has 0 fully saturated rings. The highest BCUT2D eigenvalue weighted by Crippen LogP contribution is 2.23. The van der Waals surface area contributed by atoms with Crippen LogP contribution in [0.25, 0.3) is 11.3 Å². The molecular formula is C18H16N4O2S. The second-order valence-electron chi connectivity index (χ2n) is 5.35. The molecule has 0 saturated heterocycles. The fourth-order valence-electron chi connectivity index (χ4n) is 2.30. The van der Waals surface area contributed by atoms with Crippen LogP contribution in [0.4, 0.5) is 16.2 Å². The fourth-order valence-corrected chi connectivity index (χ4v) is 2.93. The second-order valence-corrected chi connectivity index (χ2v) is 6.42. The van der Waals surface area contributed by atoms with Gasteiger partial charge in [-0.25, -0.2) is 9.78 Å². The highest BCUT2D eigenvalue weighted by Gasteiger charge is 2.08. The summed E-state index contributed by atoms with van der Waals surface area (Å²) in [6, 6.07) is 13.4. The monoisotopic (exact) mass is 352 g/mol. The first-order valence-corrected chi connectivity index (χ1v) is 8.40. The predicted molar refractivity (Wildman–Crippen MR) is 99.9 cm³/mol. The lowest BCUT2D eigenvalue weighted by Gasteiger charge is -2.08. The summed E-state index contributed by atoms with van der Waals surface area (Å²) in [5, 5.41) is 8.28. The van der Waals surface area contributed by atoms with E-state index in [1.54, 1.807) is 35.6 Å². The van der Waals surface area contributed by atoms with Gasteiger partial charge in [-0.1, -0.05) is 18.2 Å². The van der Waals surface area contributed by atoms with Gasteiger partial charge in [-0.3, -0.25) is 4.79 Å². The molecule has 4 N–H and O–H groups in total. The van der Waals surface area contributed by atoms with E-state index in [9.17, 15) is 9.59 Å². The Morgan fingerprint density at radius 1 is 1.04 bits per heavy atom. The number of nitrogens with one attached hydrogen (secondary N) is 2. The number of anilines is 2. The molecule has 0 unspecified atom stereocenters. The third-order valence-electron chi connectivity index (χ3n) is 3.45. The molecule has 0 radical (unpaired) electrons. The van der Waals surface area contributed by atoms with Gasteiger partial charge in [0.05, 0.1) is 10.7 Å². The largest absolute Gasteiger partial charge is 0.351 e. The van der Waals surface area contributed by atoms with Crippen LogP contribution in [-0.4, -0.2) is 16.9 Å². The molecule has 1 aromatic heterocycles. The second kappa shape index (κ2) is 7.14. The summed E-state index contributed by atoms with van der Waals surface area (Å²) in [4.78, 5) is 27.7. The number of carbonyl (C=O) groups is 2. The first kappa shape index (κ1) is 16.7. The van der Waals surface area contributed by atoms with Gasteiger partial charge in [0.15, 0.2) is 0 Å². The smallest absolute Gasteiger partial charge is 0.316 e. The van der Waals surface area contributed by atoms with Crippen molar-refractivity contribution in [3.05, 3.63) is 64.5 Å². The molecule has 0 atom stereocenters. The minimum absolute atomic E-state index is 0.273. The van der Waals surface area contributed by atoms with Crippen LogP contribution in [0.1, 0.15) is 15.4 Å².